The summed E-state index contributed by atoms with van der Waals surface area (Å²) >= 11 is 0. The van der Waals surface area contributed by atoms with Gasteiger partial charge in [-0.1, -0.05) is 0 Å². The van der Waals surface area contributed by atoms with Gasteiger partial charge in [-0.15, -0.1) is 0 Å². The first-order valence-corrected chi connectivity index (χ1v) is 1.15. The molecule has 0 aliphatic carbocycles. The molecule has 0 radical (unpaired) electrons. The van der Waals surface area contributed by atoms with Crippen molar-refractivity contribution >= 4 is 26.6 Å². The molecule has 0 aromatic rings. The van der Waals surface area contributed by atoms with Crippen molar-refractivity contribution in [3.05, 3.63) is 0 Å². The average molecular weight is 142 g/mol. The molecule has 0 aliphatic heterocycles. The molecule has 0 heterocycles. The SMILES string of the molecule is O=PO.[AsH3]. The van der Waals surface area contributed by atoms with E-state index in [-0.39, 0.29) is 18.0 Å². The van der Waals surface area contributed by atoms with Gasteiger partial charge in [-0.3, -0.25) is 0 Å². The fraction of sp³-hybridized carbons (Fsp3) is 0. The van der Waals surface area contributed by atoms with E-state index in [1.54, 1.807) is 0 Å². The molecular weight excluding hydrogens is 138 g/mol. The molecule has 26 valence electrons. The molecule has 2 nitrogen and oxygen atoms in total. The zero-order valence-corrected chi connectivity index (χ0v) is 5.87. The van der Waals surface area contributed by atoms with Gasteiger partial charge in [0, 0.05) is 0 Å². The third-order valence-corrected chi connectivity index (χ3v) is 0. The van der Waals surface area contributed by atoms with Gasteiger partial charge < -0.3 is 4.89 Å². The van der Waals surface area contributed by atoms with Crippen LogP contribution in [0.4, 0.5) is 0 Å². The number of rotatable bonds is 0. The van der Waals surface area contributed by atoms with E-state index in [2.05, 4.69) is 0 Å². The van der Waals surface area contributed by atoms with Crippen LogP contribution in [0.1, 0.15) is 0 Å². The van der Waals surface area contributed by atoms with Crippen LogP contribution < -0.4 is 0 Å². The second-order valence-electron chi connectivity index (χ2n) is 0.0816. The van der Waals surface area contributed by atoms with Crippen LogP contribution in [0.2, 0.25) is 0 Å². The Balaban J connectivity index is 0. The topological polar surface area (TPSA) is 37.3 Å². The summed E-state index contributed by atoms with van der Waals surface area (Å²) in [6.45, 7) is 0. The molecule has 0 rings (SSSR count). The fourth-order valence-corrected chi connectivity index (χ4v) is 0. The second-order valence-corrected chi connectivity index (χ2v) is 0.245. The van der Waals surface area contributed by atoms with Crippen molar-refractivity contribution in [2.75, 3.05) is 0 Å². The Bertz CT molecular complexity index is 13.5. The first-order chi connectivity index (χ1) is 1.41. The van der Waals surface area contributed by atoms with Crippen LogP contribution >= 0.6 is 8.69 Å². The van der Waals surface area contributed by atoms with Gasteiger partial charge in [-0.25, -0.2) is 4.57 Å². The first kappa shape index (κ1) is 8.82. The molecule has 0 saturated carbocycles. The van der Waals surface area contributed by atoms with Gasteiger partial charge in [-0.05, 0) is 0 Å². The average Bonchev–Trinajstić information content (AvgIpc) is 0.918. The van der Waals surface area contributed by atoms with Gasteiger partial charge >= 0.3 is 26.6 Å². The Morgan fingerprint density at radius 3 is 1.75 bits per heavy atom. The molecule has 0 bridgehead atoms. The Morgan fingerprint density at radius 1 is 1.75 bits per heavy atom. The van der Waals surface area contributed by atoms with E-state index in [0.29, 0.717) is 0 Å². The van der Waals surface area contributed by atoms with E-state index in [4.69, 9.17) is 9.46 Å². The molecule has 4 heavy (non-hydrogen) atoms. The second kappa shape index (κ2) is 9.47. The summed E-state index contributed by atoms with van der Waals surface area (Å²) in [5.74, 6) is 0. The molecule has 0 saturated heterocycles. The molecule has 0 amide bonds. The van der Waals surface area contributed by atoms with Gasteiger partial charge in [0.1, 0.15) is 0 Å². The van der Waals surface area contributed by atoms with E-state index in [1.165, 1.54) is 0 Å². The minimum atomic E-state index is -0.833. The maximum absolute atomic E-state index is 8.46. The molecular formula is H4AsO2P. The molecule has 1 atom stereocenters. The standard InChI is InChI=1S/AsH3.HO2P/c;1-3-2/h1H3;(H,1,2). The van der Waals surface area contributed by atoms with Gasteiger partial charge in [0.2, 0.25) is 0 Å². The predicted octanol–water partition coefficient (Wildman–Crippen LogP) is -0.999. The summed E-state index contributed by atoms with van der Waals surface area (Å²) in [5.41, 5.74) is 0. The number of hydrogen-bond acceptors (Lipinski definition) is 1. The van der Waals surface area contributed by atoms with Crippen molar-refractivity contribution < 1.29 is 9.46 Å². The Labute approximate surface area is 36.8 Å². The van der Waals surface area contributed by atoms with Crippen LogP contribution in [-0.4, -0.2) is 22.8 Å². The van der Waals surface area contributed by atoms with E-state index in [9.17, 15) is 0 Å². The quantitative estimate of drug-likeness (QED) is 0.348. The normalized spacial score (nSPS) is 5.25. The molecule has 0 spiro atoms. The van der Waals surface area contributed by atoms with Crippen molar-refractivity contribution in [1.29, 1.82) is 0 Å². The van der Waals surface area contributed by atoms with Crippen molar-refractivity contribution in [3.63, 3.8) is 0 Å². The molecule has 0 aromatic heterocycles. The summed E-state index contributed by atoms with van der Waals surface area (Å²) in [6.07, 6.45) is 0. The summed E-state index contributed by atoms with van der Waals surface area (Å²) in [5, 5.41) is 0. The van der Waals surface area contributed by atoms with Gasteiger partial charge in [0.05, 0.1) is 0 Å². The Morgan fingerprint density at radius 2 is 1.75 bits per heavy atom. The van der Waals surface area contributed by atoms with E-state index >= 15 is 0 Å². The minimum absolute atomic E-state index is 0. The number of hydrogen-bond donors (Lipinski definition) is 1. The van der Waals surface area contributed by atoms with Crippen LogP contribution in [0.3, 0.4) is 0 Å². The van der Waals surface area contributed by atoms with E-state index in [0.717, 1.165) is 0 Å². The Hall–Kier alpha value is 0.618. The van der Waals surface area contributed by atoms with Crippen molar-refractivity contribution in [1.82, 2.24) is 0 Å². The molecule has 0 aromatic carbocycles. The van der Waals surface area contributed by atoms with Crippen molar-refractivity contribution in [2.45, 2.75) is 0 Å². The van der Waals surface area contributed by atoms with E-state index in [1.807, 2.05) is 0 Å². The summed E-state index contributed by atoms with van der Waals surface area (Å²) in [7, 11) is -0.833. The van der Waals surface area contributed by atoms with Gasteiger partial charge in [0.25, 0.3) is 0 Å². The third kappa shape index (κ3) is 17.9. The van der Waals surface area contributed by atoms with Crippen LogP contribution in [0.25, 0.3) is 0 Å². The molecule has 0 aliphatic rings. The van der Waals surface area contributed by atoms with Crippen LogP contribution in [-0.2, 0) is 4.57 Å². The first-order valence-electron chi connectivity index (χ1n) is 0.383. The third-order valence-electron chi connectivity index (χ3n) is 0. The van der Waals surface area contributed by atoms with Crippen LogP contribution in [0, 0.1) is 0 Å². The zero-order chi connectivity index (χ0) is 2.71. The summed E-state index contributed by atoms with van der Waals surface area (Å²) in [4.78, 5) is 6.99. The van der Waals surface area contributed by atoms with Gasteiger partial charge in [-0.2, -0.15) is 0 Å². The molecule has 1 N–H and O–H groups in total. The zero-order valence-electron chi connectivity index (χ0n) is 2.01. The Kier molecular flexibility index (Phi) is 20.9. The van der Waals surface area contributed by atoms with Crippen molar-refractivity contribution in [2.24, 2.45) is 0 Å². The molecule has 1 unspecified atom stereocenters. The predicted molar refractivity (Wildman–Crippen MR) is 19.8 cm³/mol. The van der Waals surface area contributed by atoms with Gasteiger partial charge in [0.15, 0.2) is 0 Å². The summed E-state index contributed by atoms with van der Waals surface area (Å²) < 4.78 is 8.46. The van der Waals surface area contributed by atoms with Crippen LogP contribution in [0.15, 0.2) is 0 Å². The van der Waals surface area contributed by atoms with Crippen molar-refractivity contribution in [3.8, 4) is 0 Å². The fourth-order valence-electron chi connectivity index (χ4n) is 0. The van der Waals surface area contributed by atoms with Crippen LogP contribution in [0.5, 0.6) is 0 Å². The summed E-state index contributed by atoms with van der Waals surface area (Å²) in [6, 6.07) is 0. The van der Waals surface area contributed by atoms with E-state index < -0.39 is 8.69 Å². The molecule has 4 heteroatoms. The maximum atomic E-state index is 8.46. The monoisotopic (exact) mass is 142 g/mol. The molecule has 0 fully saturated rings.